The maximum Gasteiger partial charge on any atom is 0.231 e. The predicted molar refractivity (Wildman–Crippen MR) is 74.0 cm³/mol. The van der Waals surface area contributed by atoms with Crippen molar-refractivity contribution in [3.8, 4) is 11.5 Å². The lowest BCUT2D eigenvalue weighted by atomic mass is 10.2. The van der Waals surface area contributed by atoms with E-state index in [4.69, 9.17) is 21.1 Å². The SMILES string of the molecule is Cn1cnc(CCNCc2cc(Cl)c3c(c2)OCO3)n1. The van der Waals surface area contributed by atoms with E-state index in [1.807, 2.05) is 19.2 Å². The molecule has 0 saturated heterocycles. The number of nitrogens with one attached hydrogen (secondary N) is 1. The van der Waals surface area contributed by atoms with Crippen LogP contribution in [0.15, 0.2) is 18.5 Å². The fourth-order valence-electron chi connectivity index (χ4n) is 2.05. The molecule has 1 aromatic carbocycles. The minimum absolute atomic E-state index is 0.233. The molecule has 2 heterocycles. The van der Waals surface area contributed by atoms with Gasteiger partial charge in [0.2, 0.25) is 6.79 Å². The van der Waals surface area contributed by atoms with Gasteiger partial charge in [0, 0.05) is 26.6 Å². The number of benzene rings is 1. The first-order valence-electron chi connectivity index (χ1n) is 6.35. The number of nitrogens with zero attached hydrogens (tertiary/aromatic N) is 3. The Balaban J connectivity index is 1.52. The third-order valence-corrected chi connectivity index (χ3v) is 3.27. The van der Waals surface area contributed by atoms with Gasteiger partial charge in [-0.3, -0.25) is 4.68 Å². The first kappa shape index (κ1) is 13.2. The van der Waals surface area contributed by atoms with Crippen molar-refractivity contribution in [3.63, 3.8) is 0 Å². The first-order valence-corrected chi connectivity index (χ1v) is 6.73. The lowest BCUT2D eigenvalue weighted by Gasteiger charge is -2.06. The Hall–Kier alpha value is -1.79. The molecule has 1 aliphatic heterocycles. The molecule has 2 aromatic rings. The van der Waals surface area contributed by atoms with Crippen LogP contribution in [0, 0.1) is 0 Å². The van der Waals surface area contributed by atoms with Crippen molar-refractivity contribution in [1.82, 2.24) is 20.1 Å². The van der Waals surface area contributed by atoms with Crippen molar-refractivity contribution in [1.29, 1.82) is 0 Å². The van der Waals surface area contributed by atoms with E-state index >= 15 is 0 Å². The summed E-state index contributed by atoms with van der Waals surface area (Å²) >= 11 is 6.13. The van der Waals surface area contributed by atoms with Crippen LogP contribution < -0.4 is 14.8 Å². The van der Waals surface area contributed by atoms with Crippen LogP contribution in [0.5, 0.6) is 11.5 Å². The number of fused-ring (bicyclic) bond motifs is 1. The molecule has 7 heteroatoms. The Morgan fingerprint density at radius 2 is 2.30 bits per heavy atom. The van der Waals surface area contributed by atoms with Crippen LogP contribution in [0.3, 0.4) is 0 Å². The Bertz CT molecular complexity index is 614. The van der Waals surface area contributed by atoms with Gasteiger partial charge in [-0.1, -0.05) is 11.6 Å². The second-order valence-corrected chi connectivity index (χ2v) is 4.98. The number of rotatable bonds is 5. The van der Waals surface area contributed by atoms with Crippen LogP contribution in [-0.2, 0) is 20.0 Å². The van der Waals surface area contributed by atoms with E-state index in [9.17, 15) is 0 Å². The predicted octanol–water partition coefficient (Wildman–Crippen LogP) is 1.53. The lowest BCUT2D eigenvalue weighted by molar-refractivity contribution is 0.174. The number of halogens is 1. The lowest BCUT2D eigenvalue weighted by Crippen LogP contribution is -2.17. The highest BCUT2D eigenvalue weighted by Gasteiger charge is 2.17. The molecule has 20 heavy (non-hydrogen) atoms. The Labute approximate surface area is 121 Å². The Morgan fingerprint density at radius 3 is 3.10 bits per heavy atom. The van der Waals surface area contributed by atoms with Crippen LogP contribution >= 0.6 is 11.6 Å². The zero-order valence-corrected chi connectivity index (χ0v) is 11.9. The monoisotopic (exact) mass is 294 g/mol. The van der Waals surface area contributed by atoms with Crippen molar-refractivity contribution >= 4 is 11.6 Å². The van der Waals surface area contributed by atoms with Gasteiger partial charge in [0.15, 0.2) is 17.3 Å². The molecule has 0 radical (unpaired) electrons. The molecule has 0 fully saturated rings. The summed E-state index contributed by atoms with van der Waals surface area (Å²) in [4.78, 5) is 4.18. The zero-order valence-electron chi connectivity index (χ0n) is 11.1. The first-order chi connectivity index (χ1) is 9.72. The Morgan fingerprint density at radius 1 is 1.40 bits per heavy atom. The van der Waals surface area contributed by atoms with Crippen LogP contribution in [0.4, 0.5) is 0 Å². The van der Waals surface area contributed by atoms with Crippen LogP contribution in [0.2, 0.25) is 5.02 Å². The van der Waals surface area contributed by atoms with Gasteiger partial charge in [0.05, 0.1) is 5.02 Å². The van der Waals surface area contributed by atoms with E-state index in [1.54, 1.807) is 11.0 Å². The highest BCUT2D eigenvalue weighted by molar-refractivity contribution is 6.32. The Kier molecular flexibility index (Phi) is 3.75. The summed E-state index contributed by atoms with van der Waals surface area (Å²) < 4.78 is 12.3. The zero-order chi connectivity index (χ0) is 13.9. The standard InChI is InChI=1S/C13H15ClN4O2/c1-18-7-16-12(17-18)2-3-15-6-9-4-10(14)13-11(5-9)19-8-20-13/h4-5,7,15H,2-3,6,8H2,1H3. The minimum atomic E-state index is 0.233. The molecular formula is C13H15ClN4O2. The molecule has 0 atom stereocenters. The quantitative estimate of drug-likeness (QED) is 0.848. The maximum atomic E-state index is 6.13. The highest BCUT2D eigenvalue weighted by atomic mass is 35.5. The molecule has 6 nitrogen and oxygen atoms in total. The average Bonchev–Trinajstić information content (AvgIpc) is 3.04. The van der Waals surface area contributed by atoms with Gasteiger partial charge in [0.1, 0.15) is 6.33 Å². The molecule has 1 aromatic heterocycles. The van der Waals surface area contributed by atoms with Crippen molar-refractivity contribution in [2.45, 2.75) is 13.0 Å². The summed E-state index contributed by atoms with van der Waals surface area (Å²) in [6.45, 7) is 1.75. The minimum Gasteiger partial charge on any atom is -0.454 e. The summed E-state index contributed by atoms with van der Waals surface area (Å²) in [7, 11) is 1.86. The molecule has 106 valence electrons. The van der Waals surface area contributed by atoms with E-state index in [-0.39, 0.29) is 6.79 Å². The second-order valence-electron chi connectivity index (χ2n) is 4.57. The summed E-state index contributed by atoms with van der Waals surface area (Å²) in [6, 6.07) is 3.83. The second kappa shape index (κ2) is 5.68. The van der Waals surface area contributed by atoms with Gasteiger partial charge in [0.25, 0.3) is 0 Å². The summed E-state index contributed by atoms with van der Waals surface area (Å²) in [5.41, 5.74) is 1.06. The van der Waals surface area contributed by atoms with Crippen molar-refractivity contribution < 1.29 is 9.47 Å². The number of aromatic nitrogens is 3. The van der Waals surface area contributed by atoms with E-state index in [0.717, 1.165) is 24.4 Å². The number of aryl methyl sites for hydroxylation is 1. The summed E-state index contributed by atoms with van der Waals surface area (Å²) in [5, 5.41) is 8.14. The molecule has 0 bridgehead atoms. The normalized spacial score (nSPS) is 12.9. The molecule has 1 N–H and O–H groups in total. The largest absolute Gasteiger partial charge is 0.454 e. The van der Waals surface area contributed by atoms with Gasteiger partial charge >= 0.3 is 0 Å². The van der Waals surface area contributed by atoms with E-state index in [2.05, 4.69) is 15.4 Å². The fraction of sp³-hybridized carbons (Fsp3) is 0.385. The maximum absolute atomic E-state index is 6.13. The van der Waals surface area contributed by atoms with E-state index in [0.29, 0.717) is 23.1 Å². The van der Waals surface area contributed by atoms with Crippen LogP contribution in [-0.4, -0.2) is 28.1 Å². The fourth-order valence-corrected chi connectivity index (χ4v) is 2.34. The topological polar surface area (TPSA) is 61.2 Å². The summed E-state index contributed by atoms with van der Waals surface area (Å²) in [5.74, 6) is 2.18. The van der Waals surface area contributed by atoms with Crippen molar-refractivity contribution in [2.24, 2.45) is 7.05 Å². The smallest absolute Gasteiger partial charge is 0.231 e. The van der Waals surface area contributed by atoms with Crippen molar-refractivity contribution in [3.05, 3.63) is 34.9 Å². The van der Waals surface area contributed by atoms with Gasteiger partial charge in [-0.05, 0) is 17.7 Å². The van der Waals surface area contributed by atoms with Crippen LogP contribution in [0.1, 0.15) is 11.4 Å². The summed E-state index contributed by atoms with van der Waals surface area (Å²) in [6.07, 6.45) is 2.49. The van der Waals surface area contributed by atoms with Gasteiger partial charge in [-0.2, -0.15) is 5.10 Å². The van der Waals surface area contributed by atoms with Gasteiger partial charge < -0.3 is 14.8 Å². The molecule has 3 rings (SSSR count). The molecule has 0 spiro atoms. The van der Waals surface area contributed by atoms with Crippen LogP contribution in [0.25, 0.3) is 0 Å². The van der Waals surface area contributed by atoms with Gasteiger partial charge in [-0.15, -0.1) is 0 Å². The molecule has 0 unspecified atom stereocenters. The van der Waals surface area contributed by atoms with E-state index in [1.165, 1.54) is 0 Å². The molecular weight excluding hydrogens is 280 g/mol. The molecule has 0 saturated carbocycles. The average molecular weight is 295 g/mol. The third-order valence-electron chi connectivity index (χ3n) is 2.99. The van der Waals surface area contributed by atoms with E-state index < -0.39 is 0 Å². The number of hydrogen-bond acceptors (Lipinski definition) is 5. The molecule has 0 aliphatic carbocycles. The molecule has 1 aliphatic rings. The number of hydrogen-bond donors (Lipinski definition) is 1. The highest BCUT2D eigenvalue weighted by Crippen LogP contribution is 2.39. The van der Waals surface area contributed by atoms with Crippen molar-refractivity contribution in [2.75, 3.05) is 13.3 Å². The third kappa shape index (κ3) is 2.86. The number of ether oxygens (including phenoxy) is 2. The molecule has 0 amide bonds. The van der Waals surface area contributed by atoms with Gasteiger partial charge in [-0.25, -0.2) is 4.98 Å².